The van der Waals surface area contributed by atoms with Gasteiger partial charge in [0, 0.05) is 6.07 Å². The summed E-state index contributed by atoms with van der Waals surface area (Å²) in [5.41, 5.74) is -2.32. The van der Waals surface area contributed by atoms with Gasteiger partial charge in [-0.3, -0.25) is 10.1 Å². The minimum absolute atomic E-state index is 0.320. The van der Waals surface area contributed by atoms with E-state index in [1.165, 1.54) is 0 Å². The van der Waals surface area contributed by atoms with Gasteiger partial charge < -0.3 is 14.9 Å². The zero-order chi connectivity index (χ0) is 14.7. The number of aliphatic hydroxyl groups excluding tert-OH is 1. The average Bonchev–Trinajstić information content (AvgIpc) is 2.26. The van der Waals surface area contributed by atoms with Crippen molar-refractivity contribution in [2.75, 3.05) is 0 Å². The molecule has 0 saturated heterocycles. The number of rotatable bonds is 5. The van der Waals surface area contributed by atoms with Crippen molar-refractivity contribution in [3.8, 4) is 5.75 Å². The van der Waals surface area contributed by atoms with Gasteiger partial charge in [0.15, 0.2) is 6.10 Å². The van der Waals surface area contributed by atoms with E-state index < -0.39 is 46.4 Å². The third kappa shape index (κ3) is 3.31. The molecule has 0 aliphatic rings. The van der Waals surface area contributed by atoms with E-state index >= 15 is 0 Å². The van der Waals surface area contributed by atoms with E-state index in [0.29, 0.717) is 12.1 Å². The maximum absolute atomic E-state index is 13.5. The Kier molecular flexibility index (Phi) is 4.27. The number of benzene rings is 1. The smallest absolute Gasteiger partial charge is 0.387 e. The Morgan fingerprint density at radius 2 is 2.00 bits per heavy atom. The highest BCUT2D eigenvalue weighted by Crippen LogP contribution is 2.33. The minimum Gasteiger partial charge on any atom is -0.479 e. The van der Waals surface area contributed by atoms with Crippen LogP contribution in [0.5, 0.6) is 5.75 Å². The fourth-order valence-corrected chi connectivity index (χ4v) is 1.30. The zero-order valence-corrected chi connectivity index (χ0v) is 8.92. The highest BCUT2D eigenvalue weighted by molar-refractivity contribution is 5.76. The molecule has 0 fully saturated rings. The lowest BCUT2D eigenvalue weighted by molar-refractivity contribution is -0.386. The lowest BCUT2D eigenvalue weighted by Gasteiger charge is -2.10. The predicted octanol–water partition coefficient (Wildman–Crippen LogP) is 1.45. The van der Waals surface area contributed by atoms with Crippen LogP contribution in [0.2, 0.25) is 0 Å². The first-order valence-corrected chi connectivity index (χ1v) is 4.57. The summed E-state index contributed by atoms with van der Waals surface area (Å²) in [7, 11) is 0. The van der Waals surface area contributed by atoms with Crippen LogP contribution >= 0.6 is 0 Å². The quantitative estimate of drug-likeness (QED) is 0.624. The number of carbonyl (C=O) groups is 1. The molecule has 0 bridgehead atoms. The number of nitro groups is 1. The summed E-state index contributed by atoms with van der Waals surface area (Å²) in [5.74, 6) is -4.33. The molecule has 0 amide bonds. The van der Waals surface area contributed by atoms with Gasteiger partial charge in [0.05, 0.1) is 11.0 Å². The number of carboxylic acid groups (broad SMARTS) is 1. The molecule has 19 heavy (non-hydrogen) atoms. The van der Waals surface area contributed by atoms with E-state index in [0.717, 1.165) is 0 Å². The Morgan fingerprint density at radius 1 is 1.42 bits per heavy atom. The van der Waals surface area contributed by atoms with Crippen LogP contribution in [-0.2, 0) is 4.79 Å². The molecule has 1 aromatic rings. The van der Waals surface area contributed by atoms with Gasteiger partial charge in [-0.25, -0.2) is 9.18 Å². The van der Waals surface area contributed by atoms with Gasteiger partial charge in [-0.05, 0) is 0 Å². The van der Waals surface area contributed by atoms with Crippen molar-refractivity contribution in [3.63, 3.8) is 0 Å². The summed E-state index contributed by atoms with van der Waals surface area (Å²) in [6, 6.07) is 0.720. The van der Waals surface area contributed by atoms with Crippen molar-refractivity contribution in [2.45, 2.75) is 12.7 Å². The molecule has 0 radical (unpaired) electrons. The molecule has 10 heteroatoms. The summed E-state index contributed by atoms with van der Waals surface area (Å²) in [6.07, 6.45) is -2.50. The van der Waals surface area contributed by atoms with Crippen molar-refractivity contribution in [1.82, 2.24) is 0 Å². The molecule has 1 unspecified atom stereocenters. The lowest BCUT2D eigenvalue weighted by atomic mass is 10.1. The standard InChI is InChI=1S/C9H6F3NO6/c10-4-1-3(19-9(11)12)2-5(13(17)18)6(4)7(14)8(15)16/h1-2,7,9,14H,(H,15,16). The first-order chi connectivity index (χ1) is 8.73. The Hall–Kier alpha value is -2.36. The SMILES string of the molecule is O=C(O)C(O)c1c(F)cc(OC(F)F)cc1[N+](=O)[O-]. The van der Waals surface area contributed by atoms with E-state index in [1.807, 2.05) is 0 Å². The molecular formula is C9H6F3NO6. The van der Waals surface area contributed by atoms with Gasteiger partial charge >= 0.3 is 12.6 Å². The molecule has 1 rings (SSSR count). The van der Waals surface area contributed by atoms with E-state index in [2.05, 4.69) is 4.74 Å². The number of ether oxygens (including phenoxy) is 1. The van der Waals surface area contributed by atoms with Crippen molar-refractivity contribution >= 4 is 11.7 Å². The number of carboxylic acids is 1. The highest BCUT2D eigenvalue weighted by Gasteiger charge is 2.31. The normalized spacial score (nSPS) is 12.3. The fraction of sp³-hybridized carbons (Fsp3) is 0.222. The van der Waals surface area contributed by atoms with Crippen LogP contribution in [0.3, 0.4) is 0 Å². The second-order valence-electron chi connectivity index (χ2n) is 3.21. The second kappa shape index (κ2) is 5.52. The molecule has 0 aliphatic carbocycles. The fourth-order valence-electron chi connectivity index (χ4n) is 1.30. The number of aliphatic hydroxyl groups is 1. The van der Waals surface area contributed by atoms with Crippen LogP contribution in [0, 0.1) is 15.9 Å². The van der Waals surface area contributed by atoms with Crippen molar-refractivity contribution in [1.29, 1.82) is 0 Å². The van der Waals surface area contributed by atoms with Crippen LogP contribution in [0.15, 0.2) is 12.1 Å². The Labute approximate surface area is 103 Å². The zero-order valence-electron chi connectivity index (χ0n) is 8.92. The number of nitro benzene ring substituents is 1. The van der Waals surface area contributed by atoms with Gasteiger partial charge in [-0.2, -0.15) is 8.78 Å². The maximum atomic E-state index is 13.5. The maximum Gasteiger partial charge on any atom is 0.387 e. The molecule has 1 aromatic carbocycles. The molecule has 0 spiro atoms. The number of hydrogen-bond acceptors (Lipinski definition) is 5. The summed E-state index contributed by atoms with van der Waals surface area (Å²) >= 11 is 0. The van der Waals surface area contributed by atoms with E-state index in [4.69, 9.17) is 10.2 Å². The van der Waals surface area contributed by atoms with Gasteiger partial charge in [0.2, 0.25) is 0 Å². The first-order valence-electron chi connectivity index (χ1n) is 4.57. The molecule has 104 valence electrons. The minimum atomic E-state index is -3.34. The van der Waals surface area contributed by atoms with Crippen LogP contribution in [0.1, 0.15) is 11.7 Å². The number of halogens is 3. The number of hydrogen-bond donors (Lipinski definition) is 2. The lowest BCUT2D eigenvalue weighted by Crippen LogP contribution is -2.15. The van der Waals surface area contributed by atoms with E-state index in [1.54, 1.807) is 0 Å². The summed E-state index contributed by atoms with van der Waals surface area (Å²) < 4.78 is 41.1. The molecule has 0 aliphatic heterocycles. The van der Waals surface area contributed by atoms with Gasteiger partial charge in [-0.1, -0.05) is 0 Å². The van der Waals surface area contributed by atoms with Crippen LogP contribution in [0.25, 0.3) is 0 Å². The molecule has 1 atom stereocenters. The van der Waals surface area contributed by atoms with E-state index in [-0.39, 0.29) is 0 Å². The Morgan fingerprint density at radius 3 is 2.42 bits per heavy atom. The van der Waals surface area contributed by atoms with Gasteiger partial charge in [0.25, 0.3) is 5.69 Å². The Bertz CT molecular complexity index is 521. The number of aliphatic carboxylic acids is 1. The van der Waals surface area contributed by atoms with Gasteiger partial charge in [0.1, 0.15) is 17.1 Å². The average molecular weight is 281 g/mol. The third-order valence-corrected chi connectivity index (χ3v) is 2.01. The van der Waals surface area contributed by atoms with Crippen molar-refractivity contribution in [3.05, 3.63) is 33.6 Å². The molecule has 0 saturated carbocycles. The highest BCUT2D eigenvalue weighted by atomic mass is 19.3. The van der Waals surface area contributed by atoms with Gasteiger partial charge in [-0.15, -0.1) is 0 Å². The molecule has 0 aromatic heterocycles. The predicted molar refractivity (Wildman–Crippen MR) is 52.3 cm³/mol. The molecular weight excluding hydrogens is 275 g/mol. The van der Waals surface area contributed by atoms with Crippen LogP contribution in [0.4, 0.5) is 18.9 Å². The topological polar surface area (TPSA) is 110 Å². The molecule has 7 nitrogen and oxygen atoms in total. The third-order valence-electron chi connectivity index (χ3n) is 2.01. The van der Waals surface area contributed by atoms with Crippen LogP contribution in [-0.4, -0.2) is 27.7 Å². The largest absolute Gasteiger partial charge is 0.479 e. The first kappa shape index (κ1) is 14.7. The molecule has 2 N–H and O–H groups in total. The monoisotopic (exact) mass is 281 g/mol. The molecule has 0 heterocycles. The second-order valence-corrected chi connectivity index (χ2v) is 3.21. The summed E-state index contributed by atoms with van der Waals surface area (Å²) in [6.45, 7) is -3.34. The van der Waals surface area contributed by atoms with Crippen LogP contribution < -0.4 is 4.74 Å². The summed E-state index contributed by atoms with van der Waals surface area (Å²) in [5, 5.41) is 28.3. The number of alkyl halides is 2. The van der Waals surface area contributed by atoms with Crippen molar-refractivity contribution in [2.24, 2.45) is 0 Å². The summed E-state index contributed by atoms with van der Waals surface area (Å²) in [4.78, 5) is 19.9. The van der Waals surface area contributed by atoms with Crippen molar-refractivity contribution < 1.29 is 37.8 Å². The van der Waals surface area contributed by atoms with E-state index in [9.17, 15) is 28.1 Å². The Balaban J connectivity index is 3.39. The number of nitrogens with zero attached hydrogens (tertiary/aromatic N) is 1.